The minimum absolute atomic E-state index is 0.771. The molecule has 1 aromatic rings. The van der Waals surface area contributed by atoms with Crippen molar-refractivity contribution in [2.24, 2.45) is 0 Å². The van der Waals surface area contributed by atoms with E-state index in [9.17, 15) is 0 Å². The van der Waals surface area contributed by atoms with Crippen LogP contribution in [0.4, 0.5) is 5.69 Å². The van der Waals surface area contributed by atoms with Gasteiger partial charge in [0.05, 0.1) is 0 Å². The second kappa shape index (κ2) is 4.69. The fourth-order valence-corrected chi connectivity index (χ4v) is 3.25. The summed E-state index contributed by atoms with van der Waals surface area (Å²) in [7, 11) is 0. The summed E-state index contributed by atoms with van der Waals surface area (Å²) in [4.78, 5) is 2.67. The lowest BCUT2D eigenvalue weighted by molar-refractivity contribution is 0.0869. The average molecular weight is 230 g/mol. The molecule has 1 heterocycles. The van der Waals surface area contributed by atoms with Crippen molar-refractivity contribution in [3.05, 3.63) is 29.8 Å². The molecule has 1 saturated carbocycles. The van der Waals surface area contributed by atoms with Crippen LogP contribution in [0.5, 0.6) is 0 Å². The summed E-state index contributed by atoms with van der Waals surface area (Å²) in [5.74, 6) is 0.771. The van der Waals surface area contributed by atoms with Crippen molar-refractivity contribution in [3.8, 4) is 0 Å². The van der Waals surface area contributed by atoms with Gasteiger partial charge in [-0.15, -0.1) is 0 Å². The van der Waals surface area contributed by atoms with Gasteiger partial charge in [0.25, 0.3) is 0 Å². The molecule has 2 fully saturated rings. The first-order chi connectivity index (χ1) is 8.33. The van der Waals surface area contributed by atoms with Gasteiger partial charge in [-0.05, 0) is 68.8 Å². The summed E-state index contributed by atoms with van der Waals surface area (Å²) >= 11 is 0. The van der Waals surface area contributed by atoms with Gasteiger partial charge in [-0.2, -0.15) is 0 Å². The van der Waals surface area contributed by atoms with E-state index in [0.717, 1.165) is 17.6 Å². The Morgan fingerprint density at radius 1 is 0.941 bits per heavy atom. The van der Waals surface area contributed by atoms with Crippen LogP contribution in [0.1, 0.15) is 43.6 Å². The van der Waals surface area contributed by atoms with Crippen molar-refractivity contribution < 1.29 is 0 Å². The number of nitrogens with two attached hydrogens (primary N) is 1. The van der Waals surface area contributed by atoms with E-state index >= 15 is 0 Å². The summed E-state index contributed by atoms with van der Waals surface area (Å²) in [6.07, 6.45) is 6.89. The Hall–Kier alpha value is -1.02. The Labute approximate surface area is 104 Å². The van der Waals surface area contributed by atoms with Crippen LogP contribution >= 0.6 is 0 Å². The van der Waals surface area contributed by atoms with E-state index < -0.39 is 0 Å². The van der Waals surface area contributed by atoms with Crippen LogP contribution in [0, 0.1) is 0 Å². The second-order valence-corrected chi connectivity index (χ2v) is 5.56. The van der Waals surface area contributed by atoms with Gasteiger partial charge in [0.15, 0.2) is 0 Å². The number of hydrogen-bond donors (Lipinski definition) is 1. The van der Waals surface area contributed by atoms with Crippen LogP contribution < -0.4 is 5.73 Å². The molecule has 17 heavy (non-hydrogen) atoms. The van der Waals surface area contributed by atoms with Gasteiger partial charge in [-0.1, -0.05) is 12.1 Å². The van der Waals surface area contributed by atoms with Crippen LogP contribution in [-0.4, -0.2) is 24.0 Å². The third-order valence-electron chi connectivity index (χ3n) is 4.51. The van der Waals surface area contributed by atoms with Crippen molar-refractivity contribution >= 4 is 5.69 Å². The third kappa shape index (κ3) is 2.32. The summed E-state index contributed by atoms with van der Waals surface area (Å²) in [5, 5.41) is 0. The number of nitrogen functional groups attached to an aromatic ring is 1. The molecular weight excluding hydrogens is 208 g/mol. The Kier molecular flexibility index (Phi) is 3.06. The minimum atomic E-state index is 0.771. The highest BCUT2D eigenvalue weighted by Gasteiger charge is 2.29. The van der Waals surface area contributed by atoms with Gasteiger partial charge < -0.3 is 10.6 Å². The first kappa shape index (κ1) is 11.1. The maximum atomic E-state index is 5.74. The first-order valence-corrected chi connectivity index (χ1v) is 6.92. The standard InChI is InChI=1S/C15H22N2/c16-14-6-2-12(3-7-14)13-4-8-15(9-5-13)17-10-1-11-17/h2-3,6-7,13,15H,1,4-5,8-11,16H2/t13-,15+. The molecule has 1 saturated heterocycles. The largest absolute Gasteiger partial charge is 0.399 e. The molecule has 0 bridgehead atoms. The van der Waals surface area contributed by atoms with Crippen LogP contribution in [0.15, 0.2) is 24.3 Å². The molecule has 2 heteroatoms. The number of likely N-dealkylation sites (tertiary alicyclic amines) is 1. The molecule has 0 amide bonds. The van der Waals surface area contributed by atoms with E-state index in [4.69, 9.17) is 5.73 Å². The molecule has 0 atom stereocenters. The van der Waals surface area contributed by atoms with Crippen molar-refractivity contribution in [1.29, 1.82) is 0 Å². The highest BCUT2D eigenvalue weighted by atomic mass is 15.2. The van der Waals surface area contributed by atoms with E-state index in [0.29, 0.717) is 0 Å². The van der Waals surface area contributed by atoms with E-state index in [1.54, 1.807) is 0 Å². The molecule has 2 N–H and O–H groups in total. The summed E-state index contributed by atoms with van der Waals surface area (Å²) in [6.45, 7) is 2.69. The van der Waals surface area contributed by atoms with Crippen LogP contribution in [-0.2, 0) is 0 Å². The van der Waals surface area contributed by atoms with Crippen molar-refractivity contribution in [3.63, 3.8) is 0 Å². The maximum Gasteiger partial charge on any atom is 0.0314 e. The first-order valence-electron chi connectivity index (χ1n) is 6.92. The zero-order valence-corrected chi connectivity index (χ0v) is 10.4. The monoisotopic (exact) mass is 230 g/mol. The molecular formula is C15H22N2. The van der Waals surface area contributed by atoms with E-state index in [1.165, 1.54) is 50.8 Å². The van der Waals surface area contributed by atoms with Crippen LogP contribution in [0.3, 0.4) is 0 Å². The molecule has 2 aliphatic rings. The van der Waals surface area contributed by atoms with E-state index in [-0.39, 0.29) is 0 Å². The van der Waals surface area contributed by atoms with Crippen molar-refractivity contribution in [1.82, 2.24) is 4.90 Å². The SMILES string of the molecule is Nc1ccc([C@H]2CC[C@@H](N3CCC3)CC2)cc1. The molecule has 1 aliphatic heterocycles. The quantitative estimate of drug-likeness (QED) is 0.791. The highest BCUT2D eigenvalue weighted by molar-refractivity contribution is 5.40. The molecule has 2 nitrogen and oxygen atoms in total. The molecule has 1 aromatic carbocycles. The van der Waals surface area contributed by atoms with Gasteiger partial charge in [0.1, 0.15) is 0 Å². The number of hydrogen-bond acceptors (Lipinski definition) is 2. The van der Waals surface area contributed by atoms with Gasteiger partial charge in [0.2, 0.25) is 0 Å². The topological polar surface area (TPSA) is 29.3 Å². The number of nitrogens with zero attached hydrogens (tertiary/aromatic N) is 1. The van der Waals surface area contributed by atoms with Gasteiger partial charge in [-0.3, -0.25) is 0 Å². The number of benzene rings is 1. The Balaban J connectivity index is 1.58. The summed E-state index contributed by atoms with van der Waals surface area (Å²) in [5.41, 5.74) is 8.10. The minimum Gasteiger partial charge on any atom is -0.399 e. The number of rotatable bonds is 2. The highest BCUT2D eigenvalue weighted by Crippen LogP contribution is 2.36. The lowest BCUT2D eigenvalue weighted by Crippen LogP contribution is -2.46. The summed E-state index contributed by atoms with van der Waals surface area (Å²) < 4.78 is 0. The predicted octanol–water partition coefficient (Wildman–Crippen LogP) is 3.00. The van der Waals surface area contributed by atoms with Gasteiger partial charge >= 0.3 is 0 Å². The predicted molar refractivity (Wildman–Crippen MR) is 72.0 cm³/mol. The molecule has 1 aliphatic carbocycles. The van der Waals surface area contributed by atoms with E-state index in [2.05, 4.69) is 17.0 Å². The zero-order chi connectivity index (χ0) is 11.7. The molecule has 0 unspecified atom stereocenters. The third-order valence-corrected chi connectivity index (χ3v) is 4.51. The lowest BCUT2D eigenvalue weighted by atomic mass is 9.80. The number of anilines is 1. The molecule has 3 rings (SSSR count). The molecule has 0 spiro atoms. The Bertz CT molecular complexity index is 359. The van der Waals surface area contributed by atoms with Gasteiger partial charge in [0, 0.05) is 11.7 Å². The Morgan fingerprint density at radius 2 is 1.59 bits per heavy atom. The smallest absolute Gasteiger partial charge is 0.0314 e. The maximum absolute atomic E-state index is 5.74. The fourth-order valence-electron chi connectivity index (χ4n) is 3.25. The zero-order valence-electron chi connectivity index (χ0n) is 10.4. The molecule has 92 valence electrons. The van der Waals surface area contributed by atoms with E-state index in [1.807, 2.05) is 12.1 Å². The second-order valence-electron chi connectivity index (χ2n) is 5.56. The lowest BCUT2D eigenvalue weighted by Gasteiger charge is -2.42. The van der Waals surface area contributed by atoms with Crippen LogP contribution in [0.25, 0.3) is 0 Å². The molecule has 0 aromatic heterocycles. The Morgan fingerprint density at radius 3 is 2.12 bits per heavy atom. The molecule has 0 radical (unpaired) electrons. The average Bonchev–Trinajstić information content (AvgIpc) is 2.29. The normalized spacial score (nSPS) is 29.9. The van der Waals surface area contributed by atoms with Gasteiger partial charge in [-0.25, -0.2) is 0 Å². The van der Waals surface area contributed by atoms with Crippen molar-refractivity contribution in [2.45, 2.75) is 44.1 Å². The summed E-state index contributed by atoms with van der Waals surface area (Å²) in [6, 6.07) is 9.38. The fraction of sp³-hybridized carbons (Fsp3) is 0.600. The van der Waals surface area contributed by atoms with Crippen molar-refractivity contribution in [2.75, 3.05) is 18.8 Å². The van der Waals surface area contributed by atoms with Crippen LogP contribution in [0.2, 0.25) is 0 Å².